The van der Waals surface area contributed by atoms with Gasteiger partial charge in [0.1, 0.15) is 37.5 Å². The first-order chi connectivity index (χ1) is 26.5. The van der Waals surface area contributed by atoms with Gasteiger partial charge in [-0.25, -0.2) is 21.6 Å². The standard InChI is InChI=1S/C42H34O12S2/c43-38(44)23-54-42-34-13-27(25-9-5-2-6-10-25)14-35(42)18-33-22-37(56(51,52)53)20-31(41(33)47)16-29-12-26(24-7-3-1-4-8-24)11-28(39(29)45)15-30-19-36(55(48,49)50)21-32(17-34)40(30)46/h1-14,19-22,45-47H,15-18,23H2,(H,43,44)(H,48,49,50)(H,51,52,53)/p-3. The summed E-state index contributed by atoms with van der Waals surface area (Å²) in [5.74, 6) is -2.81. The molecule has 6 aromatic rings. The Bertz CT molecular complexity index is 2610. The molecule has 3 N–H and O–H groups in total. The first kappa shape index (κ1) is 38.1. The van der Waals surface area contributed by atoms with Gasteiger partial charge in [-0.1, -0.05) is 83.9 Å². The third-order valence-corrected chi connectivity index (χ3v) is 11.2. The van der Waals surface area contributed by atoms with Gasteiger partial charge in [-0.15, -0.1) is 5.75 Å². The summed E-state index contributed by atoms with van der Waals surface area (Å²) >= 11 is 0. The Morgan fingerprint density at radius 2 is 0.875 bits per heavy atom. The Balaban J connectivity index is 1.57. The smallest absolute Gasteiger partial charge is 0.341 e. The molecular weight excluding hydrogens is 761 g/mol. The molecule has 1 aliphatic rings. The molecule has 0 radical (unpaired) electrons. The topological polar surface area (TPSA) is 224 Å². The van der Waals surface area contributed by atoms with E-state index in [2.05, 4.69) is 0 Å². The number of fused-ring (bicyclic) bond motifs is 8. The first-order valence-electron chi connectivity index (χ1n) is 17.1. The lowest BCUT2D eigenvalue weighted by atomic mass is 9.88. The van der Waals surface area contributed by atoms with Gasteiger partial charge in [0.2, 0.25) is 0 Å². The summed E-state index contributed by atoms with van der Waals surface area (Å²) in [6, 6.07) is 28.1. The maximum atomic E-state index is 14.2. The molecule has 0 fully saturated rings. The van der Waals surface area contributed by atoms with E-state index in [0.29, 0.717) is 22.3 Å². The predicted molar refractivity (Wildman–Crippen MR) is 200 cm³/mol. The zero-order valence-electron chi connectivity index (χ0n) is 29.3. The van der Waals surface area contributed by atoms with Crippen LogP contribution in [0.2, 0.25) is 0 Å². The summed E-state index contributed by atoms with van der Waals surface area (Å²) in [6.45, 7) is -0.853. The average Bonchev–Trinajstić information content (AvgIpc) is 3.15. The van der Waals surface area contributed by atoms with E-state index in [0.717, 1.165) is 24.3 Å². The van der Waals surface area contributed by atoms with Crippen LogP contribution in [-0.2, 0) is 50.7 Å². The number of aromatic hydroxyl groups is 2. The third kappa shape index (κ3) is 7.95. The van der Waals surface area contributed by atoms with E-state index in [1.165, 1.54) is 0 Å². The Labute approximate surface area is 322 Å². The van der Waals surface area contributed by atoms with Crippen molar-refractivity contribution in [1.82, 2.24) is 0 Å². The van der Waals surface area contributed by atoms with Gasteiger partial charge in [-0.2, -0.15) is 0 Å². The molecule has 0 aromatic heterocycles. The second kappa shape index (κ2) is 14.8. The summed E-state index contributed by atoms with van der Waals surface area (Å²) < 4.78 is 81.0. The summed E-state index contributed by atoms with van der Waals surface area (Å²) in [7, 11) is -10.2. The van der Waals surface area contributed by atoms with Crippen LogP contribution < -0.4 is 9.84 Å². The number of benzene rings is 6. The number of hydrogen-bond acceptors (Lipinski definition) is 11. The predicted octanol–water partition coefficient (Wildman–Crippen LogP) is 5.45. The van der Waals surface area contributed by atoms with Gasteiger partial charge in [0.15, 0.2) is 6.61 Å². The van der Waals surface area contributed by atoms with E-state index in [4.69, 9.17) is 4.74 Å². The lowest BCUT2D eigenvalue weighted by Gasteiger charge is -2.25. The van der Waals surface area contributed by atoms with Crippen LogP contribution in [-0.4, -0.2) is 53.8 Å². The van der Waals surface area contributed by atoms with Crippen LogP contribution in [0.3, 0.4) is 0 Å². The van der Waals surface area contributed by atoms with Crippen molar-refractivity contribution in [3.05, 3.63) is 154 Å². The monoisotopic (exact) mass is 791 g/mol. The van der Waals surface area contributed by atoms with Gasteiger partial charge in [-0.05, 0) is 92.0 Å². The highest BCUT2D eigenvalue weighted by molar-refractivity contribution is 7.86. The van der Waals surface area contributed by atoms with Crippen molar-refractivity contribution in [3.63, 3.8) is 0 Å². The summed E-state index contributed by atoms with van der Waals surface area (Å²) in [5, 5.41) is 47.4. The van der Waals surface area contributed by atoms with Crippen LogP contribution in [0.5, 0.6) is 23.0 Å². The molecule has 14 heteroatoms. The number of ether oxygens (including phenoxy) is 1. The molecule has 286 valence electrons. The molecule has 6 aromatic carbocycles. The SMILES string of the molecule is O=C(O)COc1c2cc(-c3ccccc3)cc1Cc1cc(S(=O)(=O)[O-])cc(c1O)Cc1cc(-c3ccccc3)cc(c1[O-])Cc1cc(S(=O)(=O)[O-])cc(c1O)C2. The van der Waals surface area contributed by atoms with Crippen molar-refractivity contribution >= 4 is 26.2 Å². The van der Waals surface area contributed by atoms with E-state index in [1.54, 1.807) is 84.9 Å². The molecule has 0 atom stereocenters. The van der Waals surface area contributed by atoms with Crippen molar-refractivity contribution in [1.29, 1.82) is 0 Å². The highest BCUT2D eigenvalue weighted by atomic mass is 32.2. The van der Waals surface area contributed by atoms with Crippen LogP contribution in [0.15, 0.2) is 119 Å². The molecule has 12 nitrogen and oxygen atoms in total. The first-order valence-corrected chi connectivity index (χ1v) is 19.9. The minimum Gasteiger partial charge on any atom is -0.872 e. The Morgan fingerprint density at radius 3 is 1.21 bits per heavy atom. The Kier molecular flexibility index (Phi) is 10.1. The number of carbonyl (C=O) groups is 1. The molecule has 0 aliphatic heterocycles. The maximum absolute atomic E-state index is 14.2. The fourth-order valence-electron chi connectivity index (χ4n) is 7.05. The van der Waals surface area contributed by atoms with Gasteiger partial charge in [-0.3, -0.25) is 0 Å². The molecule has 0 spiro atoms. The number of rotatable bonds is 7. The van der Waals surface area contributed by atoms with E-state index >= 15 is 0 Å². The third-order valence-electron chi connectivity index (χ3n) is 9.62. The van der Waals surface area contributed by atoms with Gasteiger partial charge >= 0.3 is 5.97 Å². The summed E-state index contributed by atoms with van der Waals surface area (Å²) in [4.78, 5) is 10.5. The second-order valence-corrected chi connectivity index (χ2v) is 16.2. The van der Waals surface area contributed by atoms with Gasteiger partial charge in [0.05, 0.1) is 9.79 Å². The van der Waals surface area contributed by atoms with E-state index in [9.17, 15) is 51.2 Å². The van der Waals surface area contributed by atoms with Crippen molar-refractivity contribution in [2.75, 3.05) is 6.61 Å². The van der Waals surface area contributed by atoms with E-state index < -0.39 is 59.9 Å². The molecule has 1 aliphatic carbocycles. The Hall–Kier alpha value is -6.19. The van der Waals surface area contributed by atoms with Crippen molar-refractivity contribution in [2.45, 2.75) is 35.5 Å². The lowest BCUT2D eigenvalue weighted by molar-refractivity contribution is -0.270. The quantitative estimate of drug-likeness (QED) is 0.171. The van der Waals surface area contributed by atoms with Crippen LogP contribution in [0, 0.1) is 0 Å². The van der Waals surface area contributed by atoms with Gasteiger partial charge in [0, 0.05) is 25.7 Å². The zero-order valence-corrected chi connectivity index (χ0v) is 30.9. The van der Waals surface area contributed by atoms with Gasteiger partial charge in [0.25, 0.3) is 0 Å². The number of phenolic OH excluding ortho intramolecular Hbond substituents is 2. The molecule has 0 unspecified atom stereocenters. The highest BCUT2D eigenvalue weighted by Gasteiger charge is 2.23. The average molecular weight is 792 g/mol. The minimum absolute atomic E-state index is 0.0496. The van der Waals surface area contributed by atoms with Crippen LogP contribution in [0.4, 0.5) is 0 Å². The molecule has 0 saturated heterocycles. The molecule has 56 heavy (non-hydrogen) atoms. The molecular formula is C42H31O12S2-3. The van der Waals surface area contributed by atoms with Crippen molar-refractivity contribution in [3.8, 4) is 45.3 Å². The fourth-order valence-corrected chi connectivity index (χ4v) is 8.20. The van der Waals surface area contributed by atoms with E-state index in [1.807, 2.05) is 0 Å². The maximum Gasteiger partial charge on any atom is 0.341 e. The summed E-state index contributed by atoms with van der Waals surface area (Å²) in [5.41, 5.74) is 2.74. The van der Waals surface area contributed by atoms with Crippen LogP contribution >= 0.6 is 0 Å². The molecule has 0 saturated carbocycles. The lowest BCUT2D eigenvalue weighted by Crippen LogP contribution is -2.13. The molecule has 0 heterocycles. The molecule has 7 rings (SSSR count). The minimum atomic E-state index is -5.12. The van der Waals surface area contributed by atoms with Gasteiger partial charge < -0.3 is 34.3 Å². The van der Waals surface area contributed by atoms with E-state index in [-0.39, 0.29) is 75.9 Å². The number of hydrogen-bond donors (Lipinski definition) is 3. The number of aliphatic carboxylic acids is 1. The summed E-state index contributed by atoms with van der Waals surface area (Å²) in [6.07, 6.45) is -1.37. The van der Waals surface area contributed by atoms with Crippen LogP contribution in [0.25, 0.3) is 22.3 Å². The molecule has 0 amide bonds. The normalized spacial score (nSPS) is 12.9. The number of carboxylic acids is 1. The number of carboxylic acid groups (broad SMARTS) is 1. The fraction of sp³-hybridized carbons (Fsp3) is 0.119. The van der Waals surface area contributed by atoms with Crippen molar-refractivity contribution < 1.29 is 55.9 Å². The molecule has 8 bridgehead atoms. The van der Waals surface area contributed by atoms with Crippen molar-refractivity contribution in [2.24, 2.45) is 0 Å². The second-order valence-electron chi connectivity index (χ2n) is 13.5. The number of phenols is 2. The largest absolute Gasteiger partial charge is 0.872 e. The highest BCUT2D eigenvalue weighted by Crippen LogP contribution is 2.42. The zero-order chi connectivity index (χ0) is 39.9. The Morgan fingerprint density at radius 1 is 0.536 bits per heavy atom. The van der Waals surface area contributed by atoms with Crippen LogP contribution in [0.1, 0.15) is 44.5 Å².